The predicted molar refractivity (Wildman–Crippen MR) is 66.0 cm³/mol. The SMILES string of the molecule is CC(C)(C)NC(=O)CNCc1ccc(F)cc1F. The second-order valence-corrected chi connectivity index (χ2v) is 5.14. The van der Waals surface area contributed by atoms with Gasteiger partial charge in [-0.3, -0.25) is 4.79 Å². The number of halogens is 2. The van der Waals surface area contributed by atoms with Crippen LogP contribution in [0.5, 0.6) is 0 Å². The van der Waals surface area contributed by atoms with Crippen molar-refractivity contribution in [1.82, 2.24) is 10.6 Å². The summed E-state index contributed by atoms with van der Waals surface area (Å²) in [6.07, 6.45) is 0. The van der Waals surface area contributed by atoms with Crippen LogP contribution < -0.4 is 10.6 Å². The van der Waals surface area contributed by atoms with Gasteiger partial charge in [-0.25, -0.2) is 8.78 Å². The summed E-state index contributed by atoms with van der Waals surface area (Å²) in [4.78, 5) is 11.5. The van der Waals surface area contributed by atoms with Crippen molar-refractivity contribution in [1.29, 1.82) is 0 Å². The van der Waals surface area contributed by atoms with Crippen LogP contribution in [-0.4, -0.2) is 18.0 Å². The Balaban J connectivity index is 2.40. The van der Waals surface area contributed by atoms with Crippen LogP contribution in [-0.2, 0) is 11.3 Å². The zero-order valence-electron chi connectivity index (χ0n) is 10.8. The quantitative estimate of drug-likeness (QED) is 0.864. The normalized spacial score (nSPS) is 11.4. The van der Waals surface area contributed by atoms with Crippen LogP contribution in [0.2, 0.25) is 0 Å². The zero-order chi connectivity index (χ0) is 13.8. The smallest absolute Gasteiger partial charge is 0.234 e. The highest BCUT2D eigenvalue weighted by molar-refractivity contribution is 5.78. The molecule has 1 amide bonds. The molecule has 5 heteroatoms. The second kappa shape index (κ2) is 5.91. The van der Waals surface area contributed by atoms with Gasteiger partial charge in [0.2, 0.25) is 5.91 Å². The van der Waals surface area contributed by atoms with Gasteiger partial charge in [0, 0.05) is 23.7 Å². The lowest BCUT2D eigenvalue weighted by atomic mass is 10.1. The average molecular weight is 256 g/mol. The molecule has 0 unspecified atom stereocenters. The third-order valence-corrected chi connectivity index (χ3v) is 2.13. The van der Waals surface area contributed by atoms with Crippen molar-refractivity contribution < 1.29 is 13.6 Å². The predicted octanol–water partition coefficient (Wildman–Crippen LogP) is 1.97. The van der Waals surface area contributed by atoms with Gasteiger partial charge in [0.05, 0.1) is 6.54 Å². The Kier molecular flexibility index (Phi) is 4.78. The monoisotopic (exact) mass is 256 g/mol. The van der Waals surface area contributed by atoms with Gasteiger partial charge >= 0.3 is 0 Å². The molecule has 2 N–H and O–H groups in total. The molecule has 3 nitrogen and oxygen atoms in total. The summed E-state index contributed by atoms with van der Waals surface area (Å²) >= 11 is 0. The molecule has 0 aliphatic heterocycles. The Morgan fingerprint density at radius 3 is 2.50 bits per heavy atom. The molecule has 100 valence electrons. The van der Waals surface area contributed by atoms with Crippen LogP contribution in [0.1, 0.15) is 26.3 Å². The van der Waals surface area contributed by atoms with Gasteiger partial charge < -0.3 is 10.6 Å². The maximum absolute atomic E-state index is 13.3. The van der Waals surface area contributed by atoms with Crippen LogP contribution in [0.3, 0.4) is 0 Å². The van der Waals surface area contributed by atoms with Crippen molar-refractivity contribution in [3.05, 3.63) is 35.4 Å². The minimum atomic E-state index is -0.612. The fraction of sp³-hybridized carbons (Fsp3) is 0.462. The van der Waals surface area contributed by atoms with E-state index < -0.39 is 11.6 Å². The number of hydrogen-bond acceptors (Lipinski definition) is 2. The van der Waals surface area contributed by atoms with E-state index in [9.17, 15) is 13.6 Å². The van der Waals surface area contributed by atoms with Gasteiger partial charge in [-0.1, -0.05) is 6.07 Å². The first-order chi connectivity index (χ1) is 8.28. The average Bonchev–Trinajstić information content (AvgIpc) is 2.18. The van der Waals surface area contributed by atoms with E-state index in [1.807, 2.05) is 20.8 Å². The molecule has 0 aliphatic rings. The van der Waals surface area contributed by atoms with Crippen LogP contribution in [0, 0.1) is 11.6 Å². The molecule has 0 aromatic heterocycles. The van der Waals surface area contributed by atoms with Crippen LogP contribution in [0.4, 0.5) is 8.78 Å². The number of hydrogen-bond donors (Lipinski definition) is 2. The first-order valence-electron chi connectivity index (χ1n) is 5.73. The fourth-order valence-corrected chi connectivity index (χ4v) is 1.44. The summed E-state index contributed by atoms with van der Waals surface area (Å²) in [5, 5.41) is 5.58. The molecule has 18 heavy (non-hydrogen) atoms. The van der Waals surface area contributed by atoms with E-state index >= 15 is 0 Å². The van der Waals surface area contributed by atoms with Crippen LogP contribution >= 0.6 is 0 Å². The molecule has 0 spiro atoms. The molecule has 0 atom stereocenters. The van der Waals surface area contributed by atoms with Gasteiger partial charge in [0.15, 0.2) is 0 Å². The highest BCUT2D eigenvalue weighted by Crippen LogP contribution is 2.08. The molecule has 0 saturated heterocycles. The molecule has 0 radical (unpaired) electrons. The lowest BCUT2D eigenvalue weighted by Crippen LogP contribution is -2.44. The summed E-state index contributed by atoms with van der Waals surface area (Å²) in [6, 6.07) is 3.38. The number of benzene rings is 1. The fourth-order valence-electron chi connectivity index (χ4n) is 1.44. The van der Waals surface area contributed by atoms with E-state index in [1.54, 1.807) is 0 Å². The largest absolute Gasteiger partial charge is 0.350 e. The molecule has 1 rings (SSSR count). The Morgan fingerprint density at radius 1 is 1.28 bits per heavy atom. The van der Waals surface area contributed by atoms with Gasteiger partial charge in [-0.15, -0.1) is 0 Å². The maximum atomic E-state index is 13.3. The van der Waals surface area contributed by atoms with Crippen molar-refractivity contribution in [2.45, 2.75) is 32.9 Å². The van der Waals surface area contributed by atoms with Crippen molar-refractivity contribution in [2.75, 3.05) is 6.54 Å². The van der Waals surface area contributed by atoms with Crippen LogP contribution in [0.25, 0.3) is 0 Å². The van der Waals surface area contributed by atoms with Crippen molar-refractivity contribution in [2.24, 2.45) is 0 Å². The van der Waals surface area contributed by atoms with E-state index in [0.717, 1.165) is 6.07 Å². The molecule has 1 aromatic rings. The Labute approximate surface area is 106 Å². The summed E-state index contributed by atoms with van der Waals surface area (Å²) in [7, 11) is 0. The lowest BCUT2D eigenvalue weighted by molar-refractivity contribution is -0.121. The lowest BCUT2D eigenvalue weighted by Gasteiger charge is -2.20. The molecule has 0 heterocycles. The minimum absolute atomic E-state index is 0.0914. The number of rotatable bonds is 4. The van der Waals surface area contributed by atoms with E-state index in [1.165, 1.54) is 12.1 Å². The summed E-state index contributed by atoms with van der Waals surface area (Å²) in [5.74, 6) is -1.38. The molecule has 0 bridgehead atoms. The number of nitrogens with one attached hydrogen (secondary N) is 2. The molecular formula is C13H18F2N2O. The topological polar surface area (TPSA) is 41.1 Å². The Hall–Kier alpha value is -1.49. The van der Waals surface area contributed by atoms with Gasteiger partial charge in [-0.2, -0.15) is 0 Å². The first-order valence-corrected chi connectivity index (χ1v) is 5.73. The van der Waals surface area contributed by atoms with E-state index in [4.69, 9.17) is 0 Å². The number of carbonyl (C=O) groups excluding carboxylic acids is 1. The van der Waals surface area contributed by atoms with E-state index in [2.05, 4.69) is 10.6 Å². The van der Waals surface area contributed by atoms with Crippen molar-refractivity contribution in [3.8, 4) is 0 Å². The van der Waals surface area contributed by atoms with Gasteiger partial charge in [0.25, 0.3) is 0 Å². The highest BCUT2D eigenvalue weighted by Gasteiger charge is 2.13. The highest BCUT2D eigenvalue weighted by atomic mass is 19.1. The summed E-state index contributed by atoms with van der Waals surface area (Å²) < 4.78 is 25.9. The number of amides is 1. The summed E-state index contributed by atoms with van der Waals surface area (Å²) in [6.45, 7) is 5.91. The second-order valence-electron chi connectivity index (χ2n) is 5.14. The minimum Gasteiger partial charge on any atom is -0.350 e. The van der Waals surface area contributed by atoms with E-state index in [0.29, 0.717) is 5.56 Å². The molecule has 0 saturated carbocycles. The Morgan fingerprint density at radius 2 is 1.94 bits per heavy atom. The zero-order valence-corrected chi connectivity index (χ0v) is 10.8. The van der Waals surface area contributed by atoms with Gasteiger partial charge in [-0.05, 0) is 26.8 Å². The summed E-state index contributed by atoms with van der Waals surface area (Å²) in [5.41, 5.74) is 0.0415. The Bertz CT molecular complexity index is 427. The molecule has 1 aromatic carbocycles. The van der Waals surface area contributed by atoms with Crippen molar-refractivity contribution in [3.63, 3.8) is 0 Å². The molecule has 0 fully saturated rings. The van der Waals surface area contributed by atoms with Crippen molar-refractivity contribution >= 4 is 5.91 Å². The molecular weight excluding hydrogens is 238 g/mol. The third kappa shape index (κ3) is 5.23. The van der Waals surface area contributed by atoms with Gasteiger partial charge in [0.1, 0.15) is 11.6 Å². The molecule has 0 aliphatic carbocycles. The maximum Gasteiger partial charge on any atom is 0.234 e. The van der Waals surface area contributed by atoms with Crippen LogP contribution in [0.15, 0.2) is 18.2 Å². The standard InChI is InChI=1S/C13H18F2N2O/c1-13(2,3)17-12(18)8-16-7-9-4-5-10(14)6-11(9)15/h4-6,16H,7-8H2,1-3H3,(H,17,18). The van der Waals surface area contributed by atoms with E-state index in [-0.39, 0.29) is 24.5 Å². The first kappa shape index (κ1) is 14.6. The number of carbonyl (C=O) groups is 1. The third-order valence-electron chi connectivity index (χ3n) is 2.13.